The first-order valence-electron chi connectivity index (χ1n) is 5.58. The summed E-state index contributed by atoms with van der Waals surface area (Å²) in [6.45, 7) is 2.34. The zero-order chi connectivity index (χ0) is 13.5. The molecule has 0 fully saturated rings. The molecule has 0 saturated carbocycles. The first-order valence-corrected chi connectivity index (χ1v) is 6.84. The maximum atomic E-state index is 12.0. The third kappa shape index (κ3) is 4.59. The van der Waals surface area contributed by atoms with Gasteiger partial charge >= 0.3 is 0 Å². The van der Waals surface area contributed by atoms with Gasteiger partial charge in [-0.3, -0.25) is 4.79 Å². The normalized spacial score (nSPS) is 11.7. The second-order valence-corrected chi connectivity index (χ2v) is 5.73. The van der Waals surface area contributed by atoms with Crippen LogP contribution < -0.4 is 0 Å². The van der Waals surface area contributed by atoms with E-state index in [1.54, 1.807) is 24.1 Å². The van der Waals surface area contributed by atoms with E-state index < -0.39 is 0 Å². The Morgan fingerprint density at radius 2 is 2.11 bits per heavy atom. The number of hydrogen-bond acceptors (Lipinski definition) is 3. The van der Waals surface area contributed by atoms with Crippen LogP contribution in [0.1, 0.15) is 13.3 Å². The third-order valence-corrected chi connectivity index (χ3v) is 3.76. The molecule has 0 aliphatic carbocycles. The quantitative estimate of drug-likeness (QED) is 0.779. The number of thioether (sulfide) groups is 1. The Labute approximate surface area is 117 Å². The average Bonchev–Trinajstić information content (AvgIpc) is 2.37. The van der Waals surface area contributed by atoms with Crippen molar-refractivity contribution in [3.05, 3.63) is 29.3 Å². The van der Waals surface area contributed by atoms with E-state index in [1.165, 1.54) is 11.8 Å². The van der Waals surface area contributed by atoms with Crippen molar-refractivity contribution >= 4 is 29.3 Å². The SMILES string of the molecule is CC(Sc1ccc(Cl)cc1)C(=O)N(C)CCC#N. The lowest BCUT2D eigenvalue weighted by molar-refractivity contribution is -0.128. The van der Waals surface area contributed by atoms with Crippen molar-refractivity contribution in [1.29, 1.82) is 5.26 Å². The van der Waals surface area contributed by atoms with Gasteiger partial charge in [-0.05, 0) is 31.2 Å². The summed E-state index contributed by atoms with van der Waals surface area (Å²) in [6, 6.07) is 9.43. The smallest absolute Gasteiger partial charge is 0.235 e. The van der Waals surface area contributed by atoms with Crippen LogP contribution in [0.3, 0.4) is 0 Å². The summed E-state index contributed by atoms with van der Waals surface area (Å²) in [6.07, 6.45) is 0.362. The summed E-state index contributed by atoms with van der Waals surface area (Å²) < 4.78 is 0. The molecular formula is C13H15ClN2OS. The van der Waals surface area contributed by atoms with Gasteiger partial charge in [0.05, 0.1) is 17.7 Å². The van der Waals surface area contributed by atoms with E-state index in [0.717, 1.165) is 4.90 Å². The number of benzene rings is 1. The van der Waals surface area contributed by atoms with Crippen LogP contribution in [0, 0.1) is 11.3 Å². The maximum Gasteiger partial charge on any atom is 0.235 e. The predicted molar refractivity (Wildman–Crippen MR) is 74.6 cm³/mol. The zero-order valence-corrected chi connectivity index (χ0v) is 12.0. The summed E-state index contributed by atoms with van der Waals surface area (Å²) in [5, 5.41) is 9.00. The van der Waals surface area contributed by atoms with Gasteiger partial charge in [0.15, 0.2) is 0 Å². The number of rotatable bonds is 5. The molecule has 1 amide bonds. The molecule has 0 heterocycles. The molecule has 0 aliphatic heterocycles. The van der Waals surface area contributed by atoms with Gasteiger partial charge in [-0.1, -0.05) is 11.6 Å². The Morgan fingerprint density at radius 3 is 2.67 bits per heavy atom. The first kappa shape index (κ1) is 14.9. The van der Waals surface area contributed by atoms with E-state index in [9.17, 15) is 4.79 Å². The van der Waals surface area contributed by atoms with Gasteiger partial charge in [0.25, 0.3) is 0 Å². The van der Waals surface area contributed by atoms with Crippen LogP contribution in [0.25, 0.3) is 0 Å². The van der Waals surface area contributed by atoms with Crippen LogP contribution in [0.5, 0.6) is 0 Å². The van der Waals surface area contributed by atoms with E-state index in [0.29, 0.717) is 18.0 Å². The highest BCUT2D eigenvalue weighted by atomic mass is 35.5. The molecule has 18 heavy (non-hydrogen) atoms. The lowest BCUT2D eigenvalue weighted by atomic mass is 10.3. The van der Waals surface area contributed by atoms with Crippen molar-refractivity contribution in [3.8, 4) is 6.07 Å². The Kier molecular flexibility index (Phi) is 6.03. The minimum absolute atomic E-state index is 0.0326. The van der Waals surface area contributed by atoms with Gasteiger partial charge in [-0.2, -0.15) is 5.26 Å². The Bertz CT molecular complexity index is 441. The summed E-state index contributed by atoms with van der Waals surface area (Å²) in [5.41, 5.74) is 0. The summed E-state index contributed by atoms with van der Waals surface area (Å²) in [4.78, 5) is 14.6. The number of amides is 1. The molecule has 0 saturated heterocycles. The predicted octanol–water partition coefficient (Wildman–Crippen LogP) is 3.19. The van der Waals surface area contributed by atoms with Crippen LogP contribution in [0.2, 0.25) is 5.02 Å². The molecule has 0 aromatic heterocycles. The van der Waals surface area contributed by atoms with E-state index in [-0.39, 0.29) is 11.2 Å². The van der Waals surface area contributed by atoms with Gasteiger partial charge in [-0.15, -0.1) is 11.8 Å². The molecule has 1 unspecified atom stereocenters. The van der Waals surface area contributed by atoms with Gasteiger partial charge in [0.2, 0.25) is 5.91 Å². The molecule has 96 valence electrons. The number of carbonyl (C=O) groups excluding carboxylic acids is 1. The minimum atomic E-state index is -0.171. The van der Waals surface area contributed by atoms with Crippen LogP contribution in [0.15, 0.2) is 29.2 Å². The average molecular weight is 283 g/mol. The van der Waals surface area contributed by atoms with E-state index >= 15 is 0 Å². The van der Waals surface area contributed by atoms with Crippen molar-refractivity contribution < 1.29 is 4.79 Å². The maximum absolute atomic E-state index is 12.0. The highest BCUT2D eigenvalue weighted by molar-refractivity contribution is 8.00. The van der Waals surface area contributed by atoms with E-state index in [2.05, 4.69) is 0 Å². The molecule has 1 aromatic rings. The third-order valence-electron chi connectivity index (χ3n) is 2.41. The van der Waals surface area contributed by atoms with Crippen LogP contribution in [-0.4, -0.2) is 29.6 Å². The van der Waals surface area contributed by atoms with Crippen molar-refractivity contribution in [1.82, 2.24) is 4.90 Å². The second-order valence-electron chi connectivity index (χ2n) is 3.88. The number of hydrogen-bond donors (Lipinski definition) is 0. The molecule has 3 nitrogen and oxygen atoms in total. The number of carbonyl (C=O) groups is 1. The number of halogens is 1. The molecular weight excluding hydrogens is 268 g/mol. The molecule has 1 aromatic carbocycles. The molecule has 0 bridgehead atoms. The van der Waals surface area contributed by atoms with Crippen molar-refractivity contribution in [2.45, 2.75) is 23.5 Å². The van der Waals surface area contributed by atoms with Gasteiger partial charge < -0.3 is 4.90 Å². The molecule has 0 N–H and O–H groups in total. The van der Waals surface area contributed by atoms with Crippen LogP contribution in [-0.2, 0) is 4.79 Å². The lowest BCUT2D eigenvalue weighted by Crippen LogP contribution is -2.33. The fourth-order valence-corrected chi connectivity index (χ4v) is 2.51. The largest absolute Gasteiger partial charge is 0.344 e. The highest BCUT2D eigenvalue weighted by Gasteiger charge is 2.18. The van der Waals surface area contributed by atoms with E-state index in [4.69, 9.17) is 16.9 Å². The Hall–Kier alpha value is -1.18. The fraction of sp³-hybridized carbons (Fsp3) is 0.385. The van der Waals surface area contributed by atoms with E-state index in [1.807, 2.05) is 25.1 Å². The summed E-state index contributed by atoms with van der Waals surface area (Å²) in [5.74, 6) is 0.0326. The van der Waals surface area contributed by atoms with Crippen molar-refractivity contribution in [3.63, 3.8) is 0 Å². The number of nitriles is 1. The second kappa shape index (κ2) is 7.30. The zero-order valence-electron chi connectivity index (χ0n) is 10.4. The molecule has 5 heteroatoms. The molecule has 0 radical (unpaired) electrons. The Balaban J connectivity index is 2.54. The number of nitrogens with zero attached hydrogens (tertiary/aromatic N) is 2. The van der Waals surface area contributed by atoms with Crippen molar-refractivity contribution in [2.75, 3.05) is 13.6 Å². The van der Waals surface area contributed by atoms with Crippen LogP contribution >= 0.6 is 23.4 Å². The molecule has 1 rings (SSSR count). The topological polar surface area (TPSA) is 44.1 Å². The van der Waals surface area contributed by atoms with Crippen LogP contribution in [0.4, 0.5) is 0 Å². The minimum Gasteiger partial charge on any atom is -0.344 e. The van der Waals surface area contributed by atoms with Gasteiger partial charge in [0.1, 0.15) is 0 Å². The lowest BCUT2D eigenvalue weighted by Gasteiger charge is -2.19. The van der Waals surface area contributed by atoms with Gasteiger partial charge in [-0.25, -0.2) is 0 Å². The van der Waals surface area contributed by atoms with Crippen molar-refractivity contribution in [2.24, 2.45) is 0 Å². The Morgan fingerprint density at radius 1 is 1.50 bits per heavy atom. The highest BCUT2D eigenvalue weighted by Crippen LogP contribution is 2.25. The molecule has 0 spiro atoms. The summed E-state index contributed by atoms with van der Waals surface area (Å²) in [7, 11) is 1.72. The molecule has 1 atom stereocenters. The fourth-order valence-electron chi connectivity index (χ4n) is 1.41. The standard InChI is InChI=1S/C13H15ClN2OS/c1-10(13(17)16(2)9-3-8-15)18-12-6-4-11(14)5-7-12/h4-7,10H,3,9H2,1-2H3. The summed E-state index contributed by atoms with van der Waals surface area (Å²) >= 11 is 7.29. The van der Waals surface area contributed by atoms with Gasteiger partial charge in [0, 0.05) is 23.5 Å². The first-order chi connectivity index (χ1) is 8.54. The monoisotopic (exact) mass is 282 g/mol. The molecule has 0 aliphatic rings.